The molecule has 3 rings (SSSR count). The first-order valence-corrected chi connectivity index (χ1v) is 13.2. The Hall–Kier alpha value is -3.91. The van der Waals surface area contributed by atoms with Crippen molar-refractivity contribution in [3.05, 3.63) is 83.2 Å². The van der Waals surface area contributed by atoms with Crippen LogP contribution in [0.15, 0.2) is 71.5 Å². The number of amides is 1. The number of benzene rings is 2. The number of hydrogen-bond donors (Lipinski definition) is 4. The van der Waals surface area contributed by atoms with Crippen LogP contribution in [0.4, 0.5) is 25.8 Å². The van der Waals surface area contributed by atoms with Gasteiger partial charge in [0.15, 0.2) is 0 Å². The van der Waals surface area contributed by atoms with Gasteiger partial charge in [0, 0.05) is 49.1 Å². The predicted octanol–water partition coefficient (Wildman–Crippen LogP) is 6.62. The molecule has 0 aliphatic heterocycles. The van der Waals surface area contributed by atoms with Gasteiger partial charge in [-0.3, -0.25) is 14.5 Å². The molecule has 1 amide bonds. The maximum absolute atomic E-state index is 13.5. The van der Waals surface area contributed by atoms with Gasteiger partial charge in [-0.25, -0.2) is 0 Å². The number of nitrogens with one attached hydrogen (secondary N) is 3. The minimum atomic E-state index is -3.07. The number of aromatic nitrogens is 2. The molecule has 5 N–H and O–H groups in total. The van der Waals surface area contributed by atoms with Crippen LogP contribution in [0.1, 0.15) is 49.8 Å². The molecule has 0 bridgehead atoms. The van der Waals surface area contributed by atoms with Crippen LogP contribution in [-0.4, -0.2) is 41.0 Å². The van der Waals surface area contributed by atoms with Crippen molar-refractivity contribution in [2.45, 2.75) is 45.7 Å². The fourth-order valence-corrected chi connectivity index (χ4v) is 3.73. The number of aliphatic imine (C=N–C) groups is 1. The average Bonchev–Trinajstić information content (AvgIpc) is 3.31. The fraction of sp³-hybridized carbons (Fsp3) is 0.310. The number of hydrogen-bond acceptors (Lipinski definition) is 5. The summed E-state index contributed by atoms with van der Waals surface area (Å²) in [5, 5.41) is 16.6. The number of allylic oxidation sites excluding steroid dienone is 1. The second-order valence-corrected chi connectivity index (χ2v) is 9.62. The van der Waals surface area contributed by atoms with Gasteiger partial charge in [-0.05, 0) is 67.6 Å². The minimum Gasteiger partial charge on any atom is -0.398 e. The predicted molar refractivity (Wildman–Crippen MR) is 167 cm³/mol. The molecule has 0 fully saturated rings. The highest BCUT2D eigenvalue weighted by atomic mass is 31.0. The number of carbonyl (C=O) groups is 1. The van der Waals surface area contributed by atoms with E-state index in [1.165, 1.54) is 40.4 Å². The number of amidine groups is 1. The Morgan fingerprint density at radius 2 is 1.98 bits per heavy atom. The van der Waals surface area contributed by atoms with Crippen LogP contribution in [-0.2, 0) is 11.8 Å². The van der Waals surface area contributed by atoms with Gasteiger partial charge in [-0.15, -0.1) is 0 Å². The summed E-state index contributed by atoms with van der Waals surface area (Å²) in [4.78, 5) is 14.1. The molecule has 11 heteroatoms. The quantitative estimate of drug-likeness (QED) is 0.0798. The van der Waals surface area contributed by atoms with Crippen LogP contribution >= 0.6 is 9.24 Å². The Morgan fingerprint density at radius 1 is 1.27 bits per heavy atom. The Morgan fingerprint density at radius 3 is 2.42 bits per heavy atom. The van der Waals surface area contributed by atoms with E-state index in [1.54, 1.807) is 22.9 Å². The normalized spacial score (nSPS) is 12.2. The lowest BCUT2D eigenvalue weighted by molar-refractivity contribution is -0.105. The van der Waals surface area contributed by atoms with E-state index < -0.39 is 5.66 Å². The average molecular weight is 572 g/mol. The molecule has 0 aliphatic rings. The minimum absolute atomic E-state index is 0.0632. The van der Waals surface area contributed by atoms with Crippen LogP contribution in [0.25, 0.3) is 0 Å². The number of carbonyl (C=O) groups excluding carboxylic acids is 1. The number of halogens is 2. The molecule has 1 aromatic heterocycles. The Bertz CT molecular complexity index is 1280. The molecular weight excluding hydrogens is 531 g/mol. The van der Waals surface area contributed by atoms with Crippen molar-refractivity contribution in [1.29, 1.82) is 5.41 Å². The highest BCUT2D eigenvalue weighted by molar-refractivity contribution is 7.18. The van der Waals surface area contributed by atoms with Crippen molar-refractivity contribution in [2.75, 3.05) is 23.4 Å². The van der Waals surface area contributed by atoms with E-state index in [0.717, 1.165) is 18.3 Å². The first kappa shape index (κ1) is 34.1. The molecule has 0 spiro atoms. The standard InChI is InChI=1S/C13H17F2N4P.C11H15NO.C5H8N2/c1-3-10(13(14,15)20)12(18-2)19-9-4-5-11(17)8(6-9)7-16;1-3-9(2)10-5-4-6-11(7-10)12-8-13;1-5-3-6-7(2)4-5/h3-7,16H,17,20H2,1-2H3,(H,18,19);4-9H,3H2,1-2H3,(H,12,13);3-4H,1-2H3/b10-3+,16-7?;;. The van der Waals surface area contributed by atoms with Crippen LogP contribution in [0.3, 0.4) is 0 Å². The molecule has 3 aromatic rings. The SMILES string of the molecule is C/C=C(\C(=NC)Nc1ccc(N)c(C=N)c1)C(F)(F)P.CCC(C)c1cccc(NC=O)c1.Cc1cnn(C)c1. The number of aryl methyl sites for hydroxylation is 2. The van der Waals surface area contributed by atoms with Crippen molar-refractivity contribution >= 4 is 44.8 Å². The lowest BCUT2D eigenvalue weighted by Gasteiger charge is -2.18. The van der Waals surface area contributed by atoms with E-state index in [4.69, 9.17) is 11.1 Å². The summed E-state index contributed by atoms with van der Waals surface area (Å²) < 4.78 is 28.7. The molecule has 40 heavy (non-hydrogen) atoms. The van der Waals surface area contributed by atoms with Gasteiger partial charge in [-0.1, -0.05) is 41.3 Å². The van der Waals surface area contributed by atoms with E-state index in [9.17, 15) is 13.6 Å². The maximum Gasteiger partial charge on any atom is 0.287 e. The molecule has 0 aliphatic carbocycles. The molecular formula is C29H40F2N7OP. The molecule has 8 nitrogen and oxygen atoms in total. The molecule has 0 saturated carbocycles. The Balaban J connectivity index is 0.000000339. The Kier molecular flexibility index (Phi) is 14.4. The summed E-state index contributed by atoms with van der Waals surface area (Å²) in [5.74, 6) is 0.613. The van der Waals surface area contributed by atoms with Gasteiger partial charge < -0.3 is 21.8 Å². The van der Waals surface area contributed by atoms with E-state index >= 15 is 0 Å². The van der Waals surface area contributed by atoms with Gasteiger partial charge in [0.2, 0.25) is 6.41 Å². The lowest BCUT2D eigenvalue weighted by Crippen LogP contribution is -2.24. The molecule has 0 saturated heterocycles. The van der Waals surface area contributed by atoms with Crippen LogP contribution in [0.5, 0.6) is 0 Å². The first-order chi connectivity index (χ1) is 18.9. The van der Waals surface area contributed by atoms with Crippen LogP contribution < -0.4 is 16.4 Å². The smallest absolute Gasteiger partial charge is 0.287 e. The zero-order valence-corrected chi connectivity index (χ0v) is 25.0. The number of nitrogens with zero attached hydrogens (tertiary/aromatic N) is 3. The summed E-state index contributed by atoms with van der Waals surface area (Å²) in [6, 6.07) is 12.8. The van der Waals surface area contributed by atoms with Crippen molar-refractivity contribution in [3.63, 3.8) is 0 Å². The highest BCUT2D eigenvalue weighted by Crippen LogP contribution is 2.32. The number of alkyl halides is 2. The van der Waals surface area contributed by atoms with Crippen molar-refractivity contribution in [3.8, 4) is 0 Å². The fourth-order valence-electron chi connectivity index (χ4n) is 3.43. The summed E-state index contributed by atoms with van der Waals surface area (Å²) in [5.41, 5.74) is 7.21. The summed E-state index contributed by atoms with van der Waals surface area (Å²) >= 11 is 0. The van der Waals surface area contributed by atoms with Crippen molar-refractivity contribution < 1.29 is 13.6 Å². The second kappa shape index (κ2) is 16.9. The van der Waals surface area contributed by atoms with Gasteiger partial charge in [-0.2, -0.15) is 13.9 Å². The number of anilines is 3. The van der Waals surface area contributed by atoms with Crippen LogP contribution in [0.2, 0.25) is 0 Å². The number of rotatable bonds is 8. The van der Waals surface area contributed by atoms with Gasteiger partial charge in [0.05, 0.1) is 11.8 Å². The van der Waals surface area contributed by atoms with Crippen LogP contribution in [0, 0.1) is 12.3 Å². The van der Waals surface area contributed by atoms with Gasteiger partial charge >= 0.3 is 0 Å². The molecule has 2 atom stereocenters. The zero-order valence-electron chi connectivity index (χ0n) is 23.9. The number of nitrogen functional groups attached to an aromatic ring is 1. The summed E-state index contributed by atoms with van der Waals surface area (Å²) in [6.07, 6.45) is 8.03. The molecule has 216 valence electrons. The molecule has 2 aromatic carbocycles. The maximum atomic E-state index is 13.5. The lowest BCUT2D eigenvalue weighted by atomic mass is 9.98. The summed E-state index contributed by atoms with van der Waals surface area (Å²) in [7, 11) is 4.82. The third-order valence-corrected chi connectivity index (χ3v) is 6.07. The molecule has 0 radical (unpaired) electrons. The molecule has 1 heterocycles. The molecule has 2 unspecified atom stereocenters. The number of nitrogens with two attached hydrogens (primary N) is 1. The second-order valence-electron chi connectivity index (χ2n) is 8.90. The van der Waals surface area contributed by atoms with E-state index in [2.05, 4.69) is 40.6 Å². The third-order valence-electron chi connectivity index (χ3n) is 5.76. The first-order valence-electron chi connectivity index (χ1n) is 12.6. The van der Waals surface area contributed by atoms with Gasteiger partial charge in [0.25, 0.3) is 5.66 Å². The zero-order chi connectivity index (χ0) is 30.3. The van der Waals surface area contributed by atoms with E-state index in [-0.39, 0.29) is 11.4 Å². The Labute approximate surface area is 237 Å². The largest absolute Gasteiger partial charge is 0.398 e. The van der Waals surface area contributed by atoms with Crippen molar-refractivity contribution in [1.82, 2.24) is 9.78 Å². The van der Waals surface area contributed by atoms with E-state index in [1.807, 2.05) is 44.6 Å². The summed E-state index contributed by atoms with van der Waals surface area (Å²) in [6.45, 7) is 7.88. The third kappa shape index (κ3) is 11.5. The van der Waals surface area contributed by atoms with Crippen molar-refractivity contribution in [2.24, 2.45) is 12.0 Å². The highest BCUT2D eigenvalue weighted by Gasteiger charge is 2.30. The topological polar surface area (TPSA) is 121 Å². The van der Waals surface area contributed by atoms with Gasteiger partial charge in [0.1, 0.15) is 5.84 Å². The monoisotopic (exact) mass is 571 g/mol. The van der Waals surface area contributed by atoms with E-state index in [0.29, 0.717) is 29.3 Å².